The zero-order valence-corrected chi connectivity index (χ0v) is 22.4. The van der Waals surface area contributed by atoms with Crippen LogP contribution in [0.4, 0.5) is 19.0 Å². The van der Waals surface area contributed by atoms with Gasteiger partial charge in [0.1, 0.15) is 23.6 Å². The van der Waals surface area contributed by atoms with Crippen molar-refractivity contribution in [2.24, 2.45) is 12.5 Å². The fraction of sp³-hybridized carbons (Fsp3) is 0.481. The summed E-state index contributed by atoms with van der Waals surface area (Å²) in [6.07, 6.45) is 1.12. The number of anilines is 1. The number of methoxy groups -OCH3 is 1. The monoisotopic (exact) mass is 548 g/mol. The molecule has 5 rings (SSSR count). The fourth-order valence-corrected chi connectivity index (χ4v) is 8.92. The number of alkyl halides is 2. The Balaban J connectivity index is 1.53. The van der Waals surface area contributed by atoms with Crippen LogP contribution in [0.3, 0.4) is 0 Å². The second-order valence-corrected chi connectivity index (χ2v) is 13.3. The third-order valence-electron chi connectivity index (χ3n) is 8.26. The first-order valence-electron chi connectivity index (χ1n) is 12.5. The lowest BCUT2D eigenvalue weighted by Gasteiger charge is -2.51. The van der Waals surface area contributed by atoms with Crippen molar-refractivity contribution in [3.05, 3.63) is 63.5 Å². The van der Waals surface area contributed by atoms with Crippen molar-refractivity contribution in [3.8, 4) is 0 Å². The summed E-state index contributed by atoms with van der Waals surface area (Å²) in [6, 6.07) is 4.94. The molecule has 11 heteroatoms. The topological polar surface area (TPSA) is 86.1 Å². The van der Waals surface area contributed by atoms with Crippen LogP contribution in [0.15, 0.2) is 35.4 Å². The van der Waals surface area contributed by atoms with E-state index in [9.17, 15) is 22.2 Å². The normalized spacial score (nSPS) is 28.0. The second kappa shape index (κ2) is 9.37. The SMILES string of the molecule is C=S1(=O)CC2(CCC(OC)(c3cc4c(N[C@H](C)c5cccc(C(F)F)c5F)ncnc4n(C)c3=O)CC2)C1. The maximum atomic E-state index is 14.8. The Morgan fingerprint density at radius 2 is 1.82 bits per heavy atom. The van der Waals surface area contributed by atoms with Gasteiger partial charge in [-0.15, -0.1) is 0 Å². The van der Waals surface area contributed by atoms with Crippen molar-refractivity contribution in [2.75, 3.05) is 23.9 Å². The lowest BCUT2D eigenvalue weighted by Crippen LogP contribution is -2.53. The molecule has 2 aromatic heterocycles. The summed E-state index contributed by atoms with van der Waals surface area (Å²) >= 11 is 0. The van der Waals surface area contributed by atoms with Gasteiger partial charge in [0.15, 0.2) is 0 Å². The number of nitrogens with zero attached hydrogens (tertiary/aromatic N) is 3. The van der Waals surface area contributed by atoms with Crippen LogP contribution in [0.2, 0.25) is 0 Å². The predicted octanol–water partition coefficient (Wildman–Crippen LogP) is 4.71. The molecule has 1 atom stereocenters. The van der Waals surface area contributed by atoms with Gasteiger partial charge in [0, 0.05) is 31.2 Å². The minimum atomic E-state index is -2.93. The van der Waals surface area contributed by atoms with Gasteiger partial charge in [-0.05, 0) is 59.5 Å². The first-order chi connectivity index (χ1) is 17.9. The van der Waals surface area contributed by atoms with Gasteiger partial charge in [-0.1, -0.05) is 18.2 Å². The van der Waals surface area contributed by atoms with E-state index < -0.39 is 39.0 Å². The zero-order chi connectivity index (χ0) is 27.5. The van der Waals surface area contributed by atoms with E-state index in [1.54, 1.807) is 27.1 Å². The Bertz CT molecular complexity index is 1550. The molecule has 3 aromatic rings. The molecule has 0 bridgehead atoms. The number of hydrogen-bond acceptors (Lipinski definition) is 6. The van der Waals surface area contributed by atoms with Gasteiger partial charge in [-0.2, -0.15) is 0 Å². The van der Waals surface area contributed by atoms with Gasteiger partial charge < -0.3 is 10.1 Å². The van der Waals surface area contributed by atoms with E-state index in [1.165, 1.54) is 23.0 Å². The van der Waals surface area contributed by atoms with Gasteiger partial charge in [0.25, 0.3) is 12.0 Å². The molecule has 0 amide bonds. The number of aromatic nitrogens is 3. The molecule has 1 aliphatic carbocycles. The molecule has 0 radical (unpaired) electrons. The summed E-state index contributed by atoms with van der Waals surface area (Å²) < 4.78 is 61.1. The molecule has 7 nitrogen and oxygen atoms in total. The Kier molecular flexibility index (Phi) is 6.58. The van der Waals surface area contributed by atoms with Crippen LogP contribution < -0.4 is 10.9 Å². The van der Waals surface area contributed by atoms with E-state index in [1.807, 2.05) is 0 Å². The zero-order valence-electron chi connectivity index (χ0n) is 21.6. The summed E-state index contributed by atoms with van der Waals surface area (Å²) in [5.41, 5.74) is -0.818. The van der Waals surface area contributed by atoms with Crippen LogP contribution in [0, 0.1) is 11.2 Å². The van der Waals surface area contributed by atoms with E-state index in [4.69, 9.17) is 4.74 Å². The van der Waals surface area contributed by atoms with Gasteiger partial charge >= 0.3 is 0 Å². The van der Waals surface area contributed by atoms with Crippen molar-refractivity contribution in [1.82, 2.24) is 14.5 Å². The molecule has 3 heterocycles. The third-order valence-corrected chi connectivity index (χ3v) is 10.5. The number of hydrogen-bond donors (Lipinski definition) is 1. The minimum absolute atomic E-state index is 0.00889. The molecule has 1 aliphatic heterocycles. The third kappa shape index (κ3) is 4.39. The first-order valence-corrected chi connectivity index (χ1v) is 14.5. The van der Waals surface area contributed by atoms with E-state index >= 15 is 0 Å². The number of aryl methyl sites for hydroxylation is 1. The summed E-state index contributed by atoms with van der Waals surface area (Å²) in [5, 5.41) is 3.66. The highest BCUT2D eigenvalue weighted by molar-refractivity contribution is 8.01. The van der Waals surface area contributed by atoms with E-state index in [-0.39, 0.29) is 16.5 Å². The fourth-order valence-electron chi connectivity index (χ4n) is 6.20. The van der Waals surface area contributed by atoms with Crippen molar-refractivity contribution < 1.29 is 22.1 Å². The minimum Gasteiger partial charge on any atom is -0.373 e. The highest BCUT2D eigenvalue weighted by Crippen LogP contribution is 2.52. The molecule has 204 valence electrons. The van der Waals surface area contributed by atoms with E-state index in [0.29, 0.717) is 46.8 Å². The molecule has 2 fully saturated rings. The Labute approximate surface area is 219 Å². The number of halogens is 3. The molecule has 1 saturated heterocycles. The Hall–Kier alpha value is -2.92. The molecule has 2 aliphatic rings. The summed E-state index contributed by atoms with van der Waals surface area (Å²) in [6.45, 7) is 1.65. The highest BCUT2D eigenvalue weighted by atomic mass is 32.2. The standard InChI is InChI=1S/C27H31F3N4O3S/c1-16(17-6-5-7-18(21(17)28)22(29)30)33-23-19-12-20(25(35)34(2)24(19)32-15-31-23)27(37-3)10-8-26(9-11-27)13-38(4,36)14-26/h5-7,12,15-16,22H,4,8-11,13-14H2,1-3H3,(H,31,32,33)/t16-,26?,27?,38?/m1/s1. The lowest BCUT2D eigenvalue weighted by atomic mass is 9.68. The molecule has 0 unspecified atom stereocenters. The highest BCUT2D eigenvalue weighted by Gasteiger charge is 2.51. The molecule has 38 heavy (non-hydrogen) atoms. The van der Waals surface area contributed by atoms with Gasteiger partial charge in [0.05, 0.1) is 28.2 Å². The Morgan fingerprint density at radius 3 is 2.42 bits per heavy atom. The van der Waals surface area contributed by atoms with Gasteiger partial charge in [-0.25, -0.2) is 23.1 Å². The molecule has 1 aromatic carbocycles. The number of pyridine rings is 1. The average Bonchev–Trinajstić information content (AvgIpc) is 2.86. The number of rotatable bonds is 6. The van der Waals surface area contributed by atoms with E-state index in [2.05, 4.69) is 21.2 Å². The largest absolute Gasteiger partial charge is 0.373 e. The van der Waals surface area contributed by atoms with Crippen molar-refractivity contribution in [3.63, 3.8) is 0 Å². The number of nitrogens with one attached hydrogen (secondary N) is 1. The maximum absolute atomic E-state index is 14.8. The molecule has 1 spiro atoms. The van der Waals surface area contributed by atoms with Crippen LogP contribution in [-0.2, 0) is 26.9 Å². The average molecular weight is 549 g/mol. The van der Waals surface area contributed by atoms with Crippen LogP contribution in [0.1, 0.15) is 61.8 Å². The first kappa shape index (κ1) is 26.7. The molecule has 1 N–H and O–H groups in total. The predicted molar refractivity (Wildman–Crippen MR) is 143 cm³/mol. The number of fused-ring (bicyclic) bond motifs is 1. The van der Waals surface area contributed by atoms with Crippen molar-refractivity contribution in [1.29, 1.82) is 0 Å². The lowest BCUT2D eigenvalue weighted by molar-refractivity contribution is -0.0684. The molecule has 1 saturated carbocycles. The second-order valence-electron chi connectivity index (χ2n) is 10.8. The molecular formula is C27H31F3N4O3S. The van der Waals surface area contributed by atoms with Crippen molar-refractivity contribution >= 4 is 32.2 Å². The Morgan fingerprint density at radius 1 is 1.16 bits per heavy atom. The van der Waals surface area contributed by atoms with Gasteiger partial charge in [-0.3, -0.25) is 13.6 Å². The summed E-state index contributed by atoms with van der Waals surface area (Å²) in [4.78, 5) is 22.2. The number of benzene rings is 1. The number of ether oxygens (including phenoxy) is 1. The van der Waals surface area contributed by atoms with Crippen LogP contribution >= 0.6 is 0 Å². The quantitative estimate of drug-likeness (QED) is 0.449. The maximum Gasteiger partial charge on any atom is 0.266 e. The van der Waals surface area contributed by atoms with Crippen LogP contribution in [0.5, 0.6) is 0 Å². The van der Waals surface area contributed by atoms with Crippen molar-refractivity contribution in [2.45, 2.75) is 50.7 Å². The summed E-state index contributed by atoms with van der Waals surface area (Å²) in [7, 11) is 1.22. The van der Waals surface area contributed by atoms with Gasteiger partial charge in [0.2, 0.25) is 0 Å². The van der Waals surface area contributed by atoms with E-state index in [0.717, 1.165) is 18.9 Å². The summed E-state index contributed by atoms with van der Waals surface area (Å²) in [5.74, 6) is 4.43. The van der Waals surface area contributed by atoms with Crippen LogP contribution in [0.25, 0.3) is 11.0 Å². The smallest absolute Gasteiger partial charge is 0.266 e. The van der Waals surface area contributed by atoms with Crippen LogP contribution in [-0.4, -0.2) is 43.2 Å². The molecular weight excluding hydrogens is 517 g/mol.